The van der Waals surface area contributed by atoms with Crippen LogP contribution in [0.3, 0.4) is 0 Å². The van der Waals surface area contributed by atoms with Gasteiger partial charge in [-0.05, 0) is 37.1 Å². The number of likely N-dealkylation sites (tertiary alicyclic amines) is 1. The number of aliphatic hydroxyl groups excluding tert-OH is 2. The molecule has 2 rings (SSSR count). The van der Waals surface area contributed by atoms with E-state index in [1.807, 2.05) is 0 Å². The number of β-amino-alcohol motifs (C(OH)–C–C–N with tert-alkyl or cyclic N) is 1. The van der Waals surface area contributed by atoms with E-state index in [1.54, 1.807) is 12.1 Å². The SMILES string of the molecule is OCC1CCCCN1CC(O)c1ccc(F)cc1. The molecule has 3 nitrogen and oxygen atoms in total. The second-order valence-corrected chi connectivity index (χ2v) is 4.89. The summed E-state index contributed by atoms with van der Waals surface area (Å²) in [7, 11) is 0. The number of hydrogen-bond acceptors (Lipinski definition) is 3. The quantitative estimate of drug-likeness (QED) is 0.858. The highest BCUT2D eigenvalue weighted by molar-refractivity contribution is 5.18. The van der Waals surface area contributed by atoms with Crippen LogP contribution >= 0.6 is 0 Å². The van der Waals surface area contributed by atoms with Crippen molar-refractivity contribution in [2.24, 2.45) is 0 Å². The van der Waals surface area contributed by atoms with Crippen LogP contribution < -0.4 is 0 Å². The fraction of sp³-hybridized carbons (Fsp3) is 0.571. The van der Waals surface area contributed by atoms with Crippen molar-refractivity contribution in [1.29, 1.82) is 0 Å². The zero-order valence-corrected chi connectivity index (χ0v) is 10.4. The van der Waals surface area contributed by atoms with Crippen LogP contribution in [-0.4, -0.2) is 40.9 Å². The number of aliphatic hydroxyl groups is 2. The summed E-state index contributed by atoms with van der Waals surface area (Å²) in [5.41, 5.74) is 0.721. The molecule has 4 heteroatoms. The van der Waals surface area contributed by atoms with Crippen LogP contribution in [0.4, 0.5) is 4.39 Å². The van der Waals surface area contributed by atoms with Crippen LogP contribution in [0.5, 0.6) is 0 Å². The lowest BCUT2D eigenvalue weighted by Gasteiger charge is -2.35. The van der Waals surface area contributed by atoms with Gasteiger partial charge in [-0.3, -0.25) is 4.90 Å². The summed E-state index contributed by atoms with van der Waals surface area (Å²) < 4.78 is 12.8. The molecule has 18 heavy (non-hydrogen) atoms. The van der Waals surface area contributed by atoms with Gasteiger partial charge in [-0.15, -0.1) is 0 Å². The highest BCUT2D eigenvalue weighted by atomic mass is 19.1. The van der Waals surface area contributed by atoms with E-state index in [2.05, 4.69) is 4.90 Å². The summed E-state index contributed by atoms with van der Waals surface area (Å²) >= 11 is 0. The van der Waals surface area contributed by atoms with E-state index in [4.69, 9.17) is 0 Å². The Morgan fingerprint density at radius 2 is 2.00 bits per heavy atom. The molecule has 1 aromatic carbocycles. The van der Waals surface area contributed by atoms with Gasteiger partial charge in [0.2, 0.25) is 0 Å². The second-order valence-electron chi connectivity index (χ2n) is 4.89. The van der Waals surface area contributed by atoms with E-state index in [9.17, 15) is 14.6 Å². The van der Waals surface area contributed by atoms with Gasteiger partial charge in [-0.25, -0.2) is 4.39 Å². The van der Waals surface area contributed by atoms with Crippen molar-refractivity contribution in [1.82, 2.24) is 4.90 Å². The first-order valence-electron chi connectivity index (χ1n) is 6.49. The third-order valence-corrected chi connectivity index (χ3v) is 3.62. The summed E-state index contributed by atoms with van der Waals surface area (Å²) in [4.78, 5) is 2.12. The molecule has 0 aromatic heterocycles. The Balaban J connectivity index is 1.97. The summed E-state index contributed by atoms with van der Waals surface area (Å²) in [5, 5.41) is 19.4. The molecule has 0 bridgehead atoms. The molecule has 0 spiro atoms. The van der Waals surface area contributed by atoms with Crippen molar-refractivity contribution >= 4 is 0 Å². The van der Waals surface area contributed by atoms with Gasteiger partial charge < -0.3 is 10.2 Å². The lowest BCUT2D eigenvalue weighted by molar-refractivity contribution is 0.0417. The third kappa shape index (κ3) is 3.28. The van der Waals surface area contributed by atoms with Crippen molar-refractivity contribution < 1.29 is 14.6 Å². The monoisotopic (exact) mass is 253 g/mol. The maximum Gasteiger partial charge on any atom is 0.123 e. The highest BCUT2D eigenvalue weighted by Gasteiger charge is 2.24. The van der Waals surface area contributed by atoms with E-state index in [1.165, 1.54) is 12.1 Å². The van der Waals surface area contributed by atoms with Gasteiger partial charge in [-0.2, -0.15) is 0 Å². The molecule has 1 aromatic rings. The first-order chi connectivity index (χ1) is 8.70. The van der Waals surface area contributed by atoms with Crippen LogP contribution in [0.25, 0.3) is 0 Å². The molecule has 1 aliphatic rings. The molecule has 1 heterocycles. The van der Waals surface area contributed by atoms with Gasteiger partial charge in [-0.1, -0.05) is 18.6 Å². The Hall–Kier alpha value is -0.970. The van der Waals surface area contributed by atoms with Crippen LogP contribution in [-0.2, 0) is 0 Å². The van der Waals surface area contributed by atoms with E-state index in [0.29, 0.717) is 6.54 Å². The van der Waals surface area contributed by atoms with Crippen molar-refractivity contribution in [3.63, 3.8) is 0 Å². The molecule has 0 amide bonds. The lowest BCUT2D eigenvalue weighted by Crippen LogP contribution is -2.43. The molecule has 0 saturated carbocycles. The van der Waals surface area contributed by atoms with Crippen molar-refractivity contribution in [2.75, 3.05) is 19.7 Å². The van der Waals surface area contributed by atoms with E-state index >= 15 is 0 Å². The Bertz CT molecular complexity index is 369. The van der Waals surface area contributed by atoms with Crippen molar-refractivity contribution in [3.8, 4) is 0 Å². The second kappa shape index (κ2) is 6.27. The molecular weight excluding hydrogens is 233 g/mol. The highest BCUT2D eigenvalue weighted by Crippen LogP contribution is 2.21. The molecular formula is C14H20FNO2. The number of hydrogen-bond donors (Lipinski definition) is 2. The maximum atomic E-state index is 12.8. The van der Waals surface area contributed by atoms with Crippen molar-refractivity contribution in [3.05, 3.63) is 35.6 Å². The van der Waals surface area contributed by atoms with Gasteiger partial charge in [0.05, 0.1) is 12.7 Å². The Labute approximate surface area is 107 Å². The normalized spacial score (nSPS) is 22.9. The Morgan fingerprint density at radius 3 is 2.67 bits per heavy atom. The van der Waals surface area contributed by atoms with Crippen molar-refractivity contribution in [2.45, 2.75) is 31.4 Å². The van der Waals surface area contributed by atoms with Crippen LogP contribution in [0, 0.1) is 5.82 Å². The van der Waals surface area contributed by atoms with Crippen LogP contribution in [0.15, 0.2) is 24.3 Å². The standard InChI is InChI=1S/C14H20FNO2/c15-12-6-4-11(5-7-12)14(18)9-16-8-2-1-3-13(16)10-17/h4-7,13-14,17-18H,1-3,8-10H2. The average molecular weight is 253 g/mol. The molecule has 100 valence electrons. The topological polar surface area (TPSA) is 43.7 Å². The zero-order valence-electron chi connectivity index (χ0n) is 10.4. The molecule has 2 atom stereocenters. The number of piperidine rings is 1. The molecule has 2 N–H and O–H groups in total. The third-order valence-electron chi connectivity index (χ3n) is 3.62. The minimum atomic E-state index is -0.627. The first-order valence-corrected chi connectivity index (χ1v) is 6.49. The summed E-state index contributed by atoms with van der Waals surface area (Å²) in [5.74, 6) is -0.294. The zero-order chi connectivity index (χ0) is 13.0. The number of halogens is 1. The summed E-state index contributed by atoms with van der Waals surface area (Å²) in [6.45, 7) is 1.54. The van der Waals surface area contributed by atoms with E-state index in [0.717, 1.165) is 31.4 Å². The van der Waals surface area contributed by atoms with Gasteiger partial charge >= 0.3 is 0 Å². The minimum absolute atomic E-state index is 0.135. The largest absolute Gasteiger partial charge is 0.395 e. The van der Waals surface area contributed by atoms with E-state index in [-0.39, 0.29) is 18.5 Å². The molecule has 1 aliphatic heterocycles. The van der Waals surface area contributed by atoms with Crippen LogP contribution in [0.2, 0.25) is 0 Å². The lowest BCUT2D eigenvalue weighted by atomic mass is 10.0. The summed E-state index contributed by atoms with van der Waals surface area (Å²) in [6.07, 6.45) is 2.59. The van der Waals surface area contributed by atoms with Gasteiger partial charge in [0.25, 0.3) is 0 Å². The van der Waals surface area contributed by atoms with Gasteiger partial charge in [0, 0.05) is 12.6 Å². The minimum Gasteiger partial charge on any atom is -0.395 e. The summed E-state index contributed by atoms with van der Waals surface area (Å²) in [6, 6.07) is 6.08. The molecule has 2 unspecified atom stereocenters. The number of nitrogens with zero attached hydrogens (tertiary/aromatic N) is 1. The fourth-order valence-electron chi connectivity index (χ4n) is 2.52. The average Bonchev–Trinajstić information content (AvgIpc) is 2.40. The smallest absolute Gasteiger partial charge is 0.123 e. The van der Waals surface area contributed by atoms with Gasteiger partial charge in [0.15, 0.2) is 0 Å². The molecule has 1 saturated heterocycles. The molecule has 0 aliphatic carbocycles. The van der Waals surface area contributed by atoms with Gasteiger partial charge in [0.1, 0.15) is 5.82 Å². The molecule has 0 radical (unpaired) electrons. The maximum absolute atomic E-state index is 12.8. The van der Waals surface area contributed by atoms with Crippen LogP contribution in [0.1, 0.15) is 30.9 Å². The number of benzene rings is 1. The predicted octanol–water partition coefficient (Wildman–Crippen LogP) is 1.71. The Kier molecular flexibility index (Phi) is 4.69. The first kappa shape index (κ1) is 13.5. The Morgan fingerprint density at radius 1 is 1.28 bits per heavy atom. The number of rotatable bonds is 4. The molecule has 1 fully saturated rings. The predicted molar refractivity (Wildman–Crippen MR) is 67.7 cm³/mol. The van der Waals surface area contributed by atoms with E-state index < -0.39 is 6.10 Å². The fourth-order valence-corrected chi connectivity index (χ4v) is 2.52.